The minimum absolute atomic E-state index is 0.766. The monoisotopic (exact) mass is 370 g/mol. The number of hydrogen-bond acceptors (Lipinski definition) is 4. The van der Waals surface area contributed by atoms with Crippen molar-refractivity contribution in [2.45, 2.75) is 13.3 Å². The zero-order valence-electron chi connectivity index (χ0n) is 16.7. The summed E-state index contributed by atoms with van der Waals surface area (Å²) in [4.78, 5) is 12.0. The topological polar surface area (TPSA) is 41.0 Å². The fourth-order valence-electron chi connectivity index (χ4n) is 3.49. The van der Waals surface area contributed by atoms with Crippen LogP contribution in [0.15, 0.2) is 60.7 Å². The molecule has 0 saturated carbocycles. The van der Waals surface area contributed by atoms with Gasteiger partial charge in [-0.2, -0.15) is 0 Å². The van der Waals surface area contributed by atoms with Gasteiger partial charge >= 0.3 is 0 Å². The van der Waals surface area contributed by atoms with Gasteiger partial charge in [-0.05, 0) is 62.5 Å². The van der Waals surface area contributed by atoms with Crippen LogP contribution in [-0.4, -0.2) is 42.1 Å². The predicted molar refractivity (Wildman–Crippen MR) is 119 cm³/mol. The number of anilines is 1. The lowest BCUT2D eigenvalue weighted by Crippen LogP contribution is -2.17. The lowest BCUT2D eigenvalue weighted by Gasteiger charge is -2.14. The third-order valence-electron chi connectivity index (χ3n) is 5.01. The first-order valence-corrected chi connectivity index (χ1v) is 9.77. The summed E-state index contributed by atoms with van der Waals surface area (Å²) >= 11 is 0. The molecule has 4 aromatic rings. The van der Waals surface area contributed by atoms with E-state index in [9.17, 15) is 0 Å². The van der Waals surface area contributed by atoms with Gasteiger partial charge in [0, 0.05) is 17.5 Å². The first-order valence-electron chi connectivity index (χ1n) is 9.77. The summed E-state index contributed by atoms with van der Waals surface area (Å²) in [5, 5.41) is 7.05. The van der Waals surface area contributed by atoms with Gasteiger partial charge in [0.1, 0.15) is 5.82 Å². The molecule has 28 heavy (non-hydrogen) atoms. The second kappa shape index (κ2) is 7.95. The van der Waals surface area contributed by atoms with E-state index in [1.807, 2.05) is 0 Å². The standard InChI is InChI=1S/C24H26N4/c1-17-8-6-11-21-22(17)26-23(27-24(21)25-14-7-15-28(2)3)20-13-12-18-9-4-5-10-19(18)16-20/h4-6,8-13,16H,7,14-15H2,1-3H3,(H,25,26,27). The molecule has 4 heteroatoms. The van der Waals surface area contributed by atoms with Crippen molar-refractivity contribution in [2.24, 2.45) is 0 Å². The van der Waals surface area contributed by atoms with Crippen LogP contribution in [0, 0.1) is 6.92 Å². The number of rotatable bonds is 6. The molecule has 142 valence electrons. The molecule has 0 radical (unpaired) electrons. The number of para-hydroxylation sites is 1. The van der Waals surface area contributed by atoms with Gasteiger partial charge in [0.05, 0.1) is 5.52 Å². The normalized spacial score (nSPS) is 11.4. The number of fused-ring (bicyclic) bond motifs is 2. The maximum Gasteiger partial charge on any atom is 0.162 e. The summed E-state index contributed by atoms with van der Waals surface area (Å²) in [6.07, 6.45) is 1.07. The van der Waals surface area contributed by atoms with Crippen LogP contribution in [0.25, 0.3) is 33.1 Å². The zero-order valence-corrected chi connectivity index (χ0v) is 16.7. The van der Waals surface area contributed by atoms with E-state index in [4.69, 9.17) is 9.97 Å². The fraction of sp³-hybridized carbons (Fsp3) is 0.250. The first kappa shape index (κ1) is 18.4. The van der Waals surface area contributed by atoms with Gasteiger partial charge in [-0.3, -0.25) is 0 Å². The van der Waals surface area contributed by atoms with Gasteiger partial charge in [-0.15, -0.1) is 0 Å². The maximum atomic E-state index is 4.91. The highest BCUT2D eigenvalue weighted by molar-refractivity contribution is 5.93. The van der Waals surface area contributed by atoms with Crippen LogP contribution in [0.1, 0.15) is 12.0 Å². The summed E-state index contributed by atoms with van der Waals surface area (Å²) in [6.45, 7) is 4.04. The Morgan fingerprint density at radius 1 is 0.893 bits per heavy atom. The summed E-state index contributed by atoms with van der Waals surface area (Å²) in [6, 6.07) is 21.1. The van der Waals surface area contributed by atoms with E-state index in [-0.39, 0.29) is 0 Å². The van der Waals surface area contributed by atoms with E-state index in [0.717, 1.165) is 47.6 Å². The van der Waals surface area contributed by atoms with Crippen LogP contribution in [0.4, 0.5) is 5.82 Å². The van der Waals surface area contributed by atoms with Gasteiger partial charge in [0.25, 0.3) is 0 Å². The van der Waals surface area contributed by atoms with Crippen LogP contribution >= 0.6 is 0 Å². The highest BCUT2D eigenvalue weighted by Gasteiger charge is 2.11. The molecule has 0 aliphatic rings. The molecule has 1 heterocycles. The molecule has 0 aliphatic heterocycles. The molecular formula is C24H26N4. The number of nitrogens with zero attached hydrogens (tertiary/aromatic N) is 3. The maximum absolute atomic E-state index is 4.91. The number of hydrogen-bond donors (Lipinski definition) is 1. The van der Waals surface area contributed by atoms with Crippen molar-refractivity contribution >= 4 is 27.5 Å². The summed E-state index contributed by atoms with van der Waals surface area (Å²) in [7, 11) is 4.20. The Morgan fingerprint density at radius 2 is 1.71 bits per heavy atom. The molecule has 0 amide bonds. The van der Waals surface area contributed by atoms with E-state index in [2.05, 4.69) is 91.9 Å². The smallest absolute Gasteiger partial charge is 0.162 e. The summed E-state index contributed by atoms with van der Waals surface area (Å²) in [5.41, 5.74) is 3.22. The van der Waals surface area contributed by atoms with Crippen LogP contribution in [0.3, 0.4) is 0 Å². The molecule has 4 nitrogen and oxygen atoms in total. The molecule has 1 aromatic heterocycles. The summed E-state index contributed by atoms with van der Waals surface area (Å²) in [5.74, 6) is 1.68. The van der Waals surface area contributed by atoms with E-state index in [0.29, 0.717) is 0 Å². The average molecular weight is 371 g/mol. The van der Waals surface area contributed by atoms with Crippen molar-refractivity contribution in [1.82, 2.24) is 14.9 Å². The van der Waals surface area contributed by atoms with Crippen LogP contribution < -0.4 is 5.32 Å². The van der Waals surface area contributed by atoms with E-state index >= 15 is 0 Å². The van der Waals surface area contributed by atoms with Crippen molar-refractivity contribution in [2.75, 3.05) is 32.5 Å². The molecule has 4 rings (SSSR count). The third kappa shape index (κ3) is 3.82. The zero-order chi connectivity index (χ0) is 19.5. The van der Waals surface area contributed by atoms with Crippen molar-refractivity contribution in [3.8, 4) is 11.4 Å². The van der Waals surface area contributed by atoms with Crippen LogP contribution in [-0.2, 0) is 0 Å². The van der Waals surface area contributed by atoms with Gasteiger partial charge in [0.2, 0.25) is 0 Å². The summed E-state index contributed by atoms with van der Waals surface area (Å²) < 4.78 is 0. The number of aryl methyl sites for hydroxylation is 1. The Morgan fingerprint density at radius 3 is 2.54 bits per heavy atom. The Bertz CT molecular complexity index is 1120. The molecule has 0 bridgehead atoms. The molecule has 1 N–H and O–H groups in total. The number of aromatic nitrogens is 2. The molecule has 0 unspecified atom stereocenters. The Balaban J connectivity index is 1.76. The van der Waals surface area contributed by atoms with Gasteiger partial charge in [0.15, 0.2) is 5.82 Å². The van der Waals surface area contributed by atoms with Gasteiger partial charge in [-0.1, -0.05) is 48.5 Å². The molecule has 0 fully saturated rings. The molecule has 0 aliphatic carbocycles. The van der Waals surface area contributed by atoms with E-state index in [1.54, 1.807) is 0 Å². The lowest BCUT2D eigenvalue weighted by molar-refractivity contribution is 0.405. The minimum atomic E-state index is 0.766. The quantitative estimate of drug-likeness (QED) is 0.478. The predicted octanol–water partition coefficient (Wildman–Crippen LogP) is 5.12. The molecule has 3 aromatic carbocycles. The van der Waals surface area contributed by atoms with Crippen LogP contribution in [0.5, 0.6) is 0 Å². The Labute approximate surface area is 166 Å². The SMILES string of the molecule is Cc1cccc2c(NCCCN(C)C)nc(-c3ccc4ccccc4c3)nc12. The fourth-order valence-corrected chi connectivity index (χ4v) is 3.49. The third-order valence-corrected chi connectivity index (χ3v) is 5.01. The number of benzene rings is 3. The van der Waals surface area contributed by atoms with Crippen molar-refractivity contribution < 1.29 is 0 Å². The lowest BCUT2D eigenvalue weighted by atomic mass is 10.1. The molecule has 0 saturated heterocycles. The van der Waals surface area contributed by atoms with Crippen molar-refractivity contribution in [1.29, 1.82) is 0 Å². The molecule has 0 spiro atoms. The largest absolute Gasteiger partial charge is 0.369 e. The van der Waals surface area contributed by atoms with Gasteiger partial charge < -0.3 is 10.2 Å². The molecule has 0 atom stereocenters. The Hall–Kier alpha value is -2.98. The highest BCUT2D eigenvalue weighted by Crippen LogP contribution is 2.28. The number of nitrogens with one attached hydrogen (secondary N) is 1. The van der Waals surface area contributed by atoms with Crippen LogP contribution in [0.2, 0.25) is 0 Å². The Kier molecular flexibility index (Phi) is 5.22. The minimum Gasteiger partial charge on any atom is -0.369 e. The van der Waals surface area contributed by atoms with Crippen molar-refractivity contribution in [3.63, 3.8) is 0 Å². The van der Waals surface area contributed by atoms with Crippen molar-refractivity contribution in [3.05, 3.63) is 66.2 Å². The van der Waals surface area contributed by atoms with E-state index < -0.39 is 0 Å². The van der Waals surface area contributed by atoms with E-state index in [1.165, 1.54) is 16.3 Å². The second-order valence-corrected chi connectivity index (χ2v) is 7.51. The first-order chi connectivity index (χ1) is 13.6. The highest BCUT2D eigenvalue weighted by atomic mass is 15.1. The van der Waals surface area contributed by atoms with Gasteiger partial charge in [-0.25, -0.2) is 9.97 Å². The molecular weight excluding hydrogens is 344 g/mol. The second-order valence-electron chi connectivity index (χ2n) is 7.51. The average Bonchev–Trinajstić information content (AvgIpc) is 2.71.